The van der Waals surface area contributed by atoms with Crippen LogP contribution in [0, 0.1) is 0 Å². The van der Waals surface area contributed by atoms with Crippen LogP contribution >= 0.6 is 0 Å². The fourth-order valence-corrected chi connectivity index (χ4v) is 1.72. The van der Waals surface area contributed by atoms with Gasteiger partial charge in [0.05, 0.1) is 13.2 Å². The van der Waals surface area contributed by atoms with Gasteiger partial charge in [0.1, 0.15) is 11.4 Å². The predicted molar refractivity (Wildman–Crippen MR) is 69.7 cm³/mol. The van der Waals surface area contributed by atoms with Crippen molar-refractivity contribution in [2.75, 3.05) is 7.11 Å². The first kappa shape index (κ1) is 12.2. The molecule has 1 atom stereocenters. The molecule has 4 heteroatoms. The number of amides is 1. The van der Waals surface area contributed by atoms with E-state index in [1.165, 1.54) is 0 Å². The number of carbonyl (C=O) groups is 1. The van der Waals surface area contributed by atoms with Crippen molar-refractivity contribution in [2.45, 2.75) is 13.0 Å². The molecule has 2 N–H and O–H groups in total. The van der Waals surface area contributed by atoms with Gasteiger partial charge in [0, 0.05) is 6.20 Å². The van der Waals surface area contributed by atoms with Crippen LogP contribution < -0.4 is 10.1 Å². The van der Waals surface area contributed by atoms with Crippen LogP contribution in [0.2, 0.25) is 0 Å². The van der Waals surface area contributed by atoms with Gasteiger partial charge in [0.15, 0.2) is 0 Å². The Morgan fingerprint density at radius 1 is 1.28 bits per heavy atom. The highest BCUT2D eigenvalue weighted by atomic mass is 16.5. The van der Waals surface area contributed by atoms with Gasteiger partial charge in [0.2, 0.25) is 0 Å². The summed E-state index contributed by atoms with van der Waals surface area (Å²) in [6.07, 6.45) is 1.73. The molecule has 94 valence electrons. The van der Waals surface area contributed by atoms with Gasteiger partial charge < -0.3 is 15.0 Å². The van der Waals surface area contributed by atoms with Gasteiger partial charge in [-0.1, -0.05) is 12.1 Å². The first-order valence-corrected chi connectivity index (χ1v) is 5.79. The summed E-state index contributed by atoms with van der Waals surface area (Å²) < 4.78 is 5.10. The van der Waals surface area contributed by atoms with Crippen molar-refractivity contribution in [1.82, 2.24) is 10.3 Å². The van der Waals surface area contributed by atoms with E-state index < -0.39 is 0 Å². The zero-order valence-electron chi connectivity index (χ0n) is 10.4. The molecular weight excluding hydrogens is 228 g/mol. The molecule has 4 nitrogen and oxygen atoms in total. The standard InChI is InChI=1S/C14H16N2O2/c1-10(11-5-7-12(18-2)8-6-11)16-14(17)13-4-3-9-15-13/h3-10,15H,1-2H3,(H,16,17). The summed E-state index contributed by atoms with van der Waals surface area (Å²) in [6, 6.07) is 11.1. The molecule has 0 radical (unpaired) electrons. The molecule has 18 heavy (non-hydrogen) atoms. The summed E-state index contributed by atoms with van der Waals surface area (Å²) in [5.74, 6) is 0.699. The summed E-state index contributed by atoms with van der Waals surface area (Å²) in [7, 11) is 1.63. The fraction of sp³-hybridized carbons (Fsp3) is 0.214. The van der Waals surface area contributed by atoms with Gasteiger partial charge in [-0.05, 0) is 36.8 Å². The van der Waals surface area contributed by atoms with Crippen LogP contribution in [0.3, 0.4) is 0 Å². The lowest BCUT2D eigenvalue weighted by molar-refractivity contribution is 0.0935. The minimum absolute atomic E-state index is 0.0493. The van der Waals surface area contributed by atoms with Crippen LogP contribution in [0.15, 0.2) is 42.6 Å². The summed E-state index contributed by atoms with van der Waals surface area (Å²) >= 11 is 0. The number of benzene rings is 1. The van der Waals surface area contributed by atoms with E-state index in [0.717, 1.165) is 11.3 Å². The Morgan fingerprint density at radius 3 is 2.56 bits per heavy atom. The van der Waals surface area contributed by atoms with Crippen molar-refractivity contribution < 1.29 is 9.53 Å². The monoisotopic (exact) mass is 244 g/mol. The van der Waals surface area contributed by atoms with Crippen LogP contribution in [0.1, 0.15) is 29.0 Å². The van der Waals surface area contributed by atoms with Gasteiger partial charge >= 0.3 is 0 Å². The number of ether oxygens (including phenoxy) is 1. The van der Waals surface area contributed by atoms with Gasteiger partial charge in [-0.15, -0.1) is 0 Å². The van der Waals surface area contributed by atoms with Crippen molar-refractivity contribution >= 4 is 5.91 Å². The van der Waals surface area contributed by atoms with E-state index in [9.17, 15) is 4.79 Å². The average molecular weight is 244 g/mol. The molecule has 2 aromatic rings. The Bertz CT molecular complexity index is 503. The maximum absolute atomic E-state index is 11.8. The smallest absolute Gasteiger partial charge is 0.268 e. The molecule has 0 saturated carbocycles. The number of H-pyrrole nitrogens is 1. The molecule has 0 fully saturated rings. The molecule has 1 aromatic carbocycles. The minimum atomic E-state index is -0.108. The Morgan fingerprint density at radius 2 is 2.00 bits per heavy atom. The summed E-state index contributed by atoms with van der Waals surface area (Å²) in [5, 5.41) is 2.93. The van der Waals surface area contributed by atoms with E-state index in [4.69, 9.17) is 4.74 Å². The molecule has 0 aliphatic carbocycles. The number of carbonyl (C=O) groups excluding carboxylic acids is 1. The zero-order valence-corrected chi connectivity index (χ0v) is 10.4. The third-order valence-electron chi connectivity index (χ3n) is 2.81. The summed E-state index contributed by atoms with van der Waals surface area (Å²) in [4.78, 5) is 14.7. The number of hydrogen-bond acceptors (Lipinski definition) is 2. The van der Waals surface area contributed by atoms with Gasteiger partial charge in [-0.25, -0.2) is 0 Å². The number of methoxy groups -OCH3 is 1. The molecular formula is C14H16N2O2. The second-order valence-electron chi connectivity index (χ2n) is 4.05. The summed E-state index contributed by atoms with van der Waals surface area (Å²) in [6.45, 7) is 1.95. The molecule has 0 spiro atoms. The lowest BCUT2D eigenvalue weighted by Gasteiger charge is -2.14. The van der Waals surface area contributed by atoms with Crippen LogP contribution in [-0.4, -0.2) is 18.0 Å². The maximum Gasteiger partial charge on any atom is 0.268 e. The number of rotatable bonds is 4. The van der Waals surface area contributed by atoms with Crippen LogP contribution in [0.25, 0.3) is 0 Å². The van der Waals surface area contributed by atoms with Crippen molar-refractivity contribution in [3.8, 4) is 5.75 Å². The van der Waals surface area contributed by atoms with Gasteiger partial charge in [-0.2, -0.15) is 0 Å². The average Bonchev–Trinajstić information content (AvgIpc) is 2.92. The highest BCUT2D eigenvalue weighted by Crippen LogP contribution is 2.17. The van der Waals surface area contributed by atoms with Gasteiger partial charge in [-0.3, -0.25) is 4.79 Å². The Hall–Kier alpha value is -2.23. The molecule has 1 unspecified atom stereocenters. The van der Waals surface area contributed by atoms with E-state index >= 15 is 0 Å². The van der Waals surface area contributed by atoms with Crippen molar-refractivity contribution in [3.63, 3.8) is 0 Å². The summed E-state index contributed by atoms with van der Waals surface area (Å²) in [5.41, 5.74) is 1.60. The fourth-order valence-electron chi connectivity index (χ4n) is 1.72. The van der Waals surface area contributed by atoms with E-state index in [-0.39, 0.29) is 11.9 Å². The molecule has 2 rings (SSSR count). The highest BCUT2D eigenvalue weighted by molar-refractivity contribution is 5.92. The third-order valence-corrected chi connectivity index (χ3v) is 2.81. The normalized spacial score (nSPS) is 11.9. The number of aromatic amines is 1. The third kappa shape index (κ3) is 2.71. The van der Waals surface area contributed by atoms with Crippen LogP contribution in [-0.2, 0) is 0 Å². The topological polar surface area (TPSA) is 54.1 Å². The SMILES string of the molecule is COc1ccc(C(C)NC(=O)c2ccc[nH]2)cc1. The number of nitrogens with one attached hydrogen (secondary N) is 2. The minimum Gasteiger partial charge on any atom is -0.497 e. The highest BCUT2D eigenvalue weighted by Gasteiger charge is 2.11. The quantitative estimate of drug-likeness (QED) is 0.868. The van der Waals surface area contributed by atoms with Crippen molar-refractivity contribution in [2.24, 2.45) is 0 Å². The molecule has 0 aliphatic heterocycles. The lowest BCUT2D eigenvalue weighted by atomic mass is 10.1. The largest absolute Gasteiger partial charge is 0.497 e. The van der Waals surface area contributed by atoms with E-state index in [0.29, 0.717) is 5.69 Å². The predicted octanol–water partition coefficient (Wildman–Crippen LogP) is 2.51. The van der Waals surface area contributed by atoms with E-state index in [1.807, 2.05) is 31.2 Å². The van der Waals surface area contributed by atoms with E-state index in [1.54, 1.807) is 25.4 Å². The molecule has 1 amide bonds. The van der Waals surface area contributed by atoms with Crippen LogP contribution in [0.4, 0.5) is 0 Å². The Kier molecular flexibility index (Phi) is 3.67. The molecule has 1 heterocycles. The van der Waals surface area contributed by atoms with Crippen LogP contribution in [0.5, 0.6) is 5.75 Å². The molecule has 0 bridgehead atoms. The Balaban J connectivity index is 2.02. The molecule has 0 aliphatic rings. The lowest BCUT2D eigenvalue weighted by Crippen LogP contribution is -2.26. The Labute approximate surface area is 106 Å². The van der Waals surface area contributed by atoms with E-state index in [2.05, 4.69) is 10.3 Å². The van der Waals surface area contributed by atoms with Crippen molar-refractivity contribution in [3.05, 3.63) is 53.9 Å². The first-order chi connectivity index (χ1) is 8.70. The molecule has 1 aromatic heterocycles. The van der Waals surface area contributed by atoms with Gasteiger partial charge in [0.25, 0.3) is 5.91 Å². The maximum atomic E-state index is 11.8. The zero-order chi connectivity index (χ0) is 13.0. The second kappa shape index (κ2) is 5.40. The molecule has 0 saturated heterocycles. The van der Waals surface area contributed by atoms with Crippen molar-refractivity contribution in [1.29, 1.82) is 0 Å². The first-order valence-electron chi connectivity index (χ1n) is 5.79. The number of hydrogen-bond donors (Lipinski definition) is 2. The second-order valence-corrected chi connectivity index (χ2v) is 4.05. The number of aromatic nitrogens is 1.